The fourth-order valence-corrected chi connectivity index (χ4v) is 0.830. The van der Waals surface area contributed by atoms with E-state index in [-0.39, 0.29) is 0 Å². The van der Waals surface area contributed by atoms with Gasteiger partial charge in [0, 0.05) is 6.21 Å². The molecule has 82 valence electrons. The van der Waals surface area contributed by atoms with Crippen LogP contribution in [0.25, 0.3) is 0 Å². The number of unbranched alkanes of at least 4 members (excludes halogenated alkanes) is 1. The van der Waals surface area contributed by atoms with Crippen LogP contribution in [0.15, 0.2) is 46.8 Å². The minimum Gasteiger partial charge on any atom is -0.164 e. The van der Waals surface area contributed by atoms with E-state index in [9.17, 15) is 4.91 Å². The van der Waals surface area contributed by atoms with E-state index in [2.05, 4.69) is 29.5 Å². The molecule has 0 atom stereocenters. The van der Waals surface area contributed by atoms with Crippen molar-refractivity contribution in [3.05, 3.63) is 41.4 Å². The monoisotopic (exact) mass is 207 g/mol. The second-order valence-corrected chi connectivity index (χ2v) is 2.78. The number of nitrogens with zero attached hydrogens (tertiary/aromatic N) is 2. The summed E-state index contributed by atoms with van der Waals surface area (Å²) < 4.78 is 0. The van der Waals surface area contributed by atoms with Crippen LogP contribution in [0.3, 0.4) is 0 Å². The van der Waals surface area contributed by atoms with Gasteiger partial charge < -0.3 is 0 Å². The lowest BCUT2D eigenvalue weighted by atomic mass is 10.2. The maximum absolute atomic E-state index is 9.54. The van der Waals surface area contributed by atoms with Gasteiger partial charge in [-0.2, -0.15) is 10.6 Å². The highest BCUT2D eigenvalue weighted by atomic mass is 16.3. The SMILES string of the molecule is CCC/C=C/C/C=C/C=C/C=N/NN=O. The van der Waals surface area contributed by atoms with Gasteiger partial charge >= 0.3 is 0 Å². The van der Waals surface area contributed by atoms with E-state index in [4.69, 9.17) is 0 Å². The molecule has 15 heavy (non-hydrogen) atoms. The summed E-state index contributed by atoms with van der Waals surface area (Å²) in [6.07, 6.45) is 16.6. The summed E-state index contributed by atoms with van der Waals surface area (Å²) in [5, 5.41) is 5.81. The molecule has 0 spiro atoms. The second kappa shape index (κ2) is 12.3. The van der Waals surface area contributed by atoms with Gasteiger partial charge in [0.05, 0.1) is 5.29 Å². The van der Waals surface area contributed by atoms with Gasteiger partial charge in [-0.15, -0.1) is 4.91 Å². The quantitative estimate of drug-likeness (QED) is 0.218. The zero-order valence-corrected chi connectivity index (χ0v) is 8.97. The predicted octanol–water partition coefficient (Wildman–Crippen LogP) is 3.10. The molecule has 0 fully saturated rings. The van der Waals surface area contributed by atoms with E-state index in [0.29, 0.717) is 0 Å². The van der Waals surface area contributed by atoms with Gasteiger partial charge in [0.15, 0.2) is 0 Å². The summed E-state index contributed by atoms with van der Waals surface area (Å²) in [5.41, 5.74) is 1.93. The van der Waals surface area contributed by atoms with Crippen molar-refractivity contribution in [2.75, 3.05) is 0 Å². The molecule has 0 heterocycles. The van der Waals surface area contributed by atoms with Crippen molar-refractivity contribution in [1.82, 2.24) is 5.53 Å². The van der Waals surface area contributed by atoms with Crippen LogP contribution in [0, 0.1) is 4.91 Å². The number of nitrogens with one attached hydrogen (secondary N) is 1. The van der Waals surface area contributed by atoms with Crippen molar-refractivity contribution in [3.63, 3.8) is 0 Å². The summed E-state index contributed by atoms with van der Waals surface area (Å²) >= 11 is 0. The Labute approximate surface area is 90.4 Å². The average molecular weight is 207 g/mol. The van der Waals surface area contributed by atoms with Gasteiger partial charge in [0.1, 0.15) is 0 Å². The first-order valence-corrected chi connectivity index (χ1v) is 4.99. The van der Waals surface area contributed by atoms with E-state index in [0.717, 1.165) is 12.8 Å². The normalized spacial score (nSPS) is 12.3. The molecule has 0 radical (unpaired) electrons. The Hall–Kier alpha value is -1.71. The molecular weight excluding hydrogens is 190 g/mol. The summed E-state index contributed by atoms with van der Waals surface area (Å²) in [7, 11) is 0. The third-order valence-electron chi connectivity index (χ3n) is 1.51. The van der Waals surface area contributed by atoms with Crippen LogP contribution in [-0.4, -0.2) is 6.21 Å². The smallest absolute Gasteiger partial charge is 0.0722 e. The zero-order valence-electron chi connectivity index (χ0n) is 8.97. The minimum atomic E-state index is 0.940. The van der Waals surface area contributed by atoms with Crippen LogP contribution in [0.4, 0.5) is 0 Å². The molecule has 0 bridgehead atoms. The maximum atomic E-state index is 9.54. The number of hydrogen-bond acceptors (Lipinski definition) is 3. The van der Waals surface area contributed by atoms with Gasteiger partial charge in [0.25, 0.3) is 0 Å². The summed E-state index contributed by atoms with van der Waals surface area (Å²) in [5.74, 6) is 0. The van der Waals surface area contributed by atoms with Crippen molar-refractivity contribution < 1.29 is 0 Å². The van der Waals surface area contributed by atoms with Crippen molar-refractivity contribution in [3.8, 4) is 0 Å². The van der Waals surface area contributed by atoms with Crippen molar-refractivity contribution in [1.29, 1.82) is 0 Å². The third-order valence-corrected chi connectivity index (χ3v) is 1.51. The third kappa shape index (κ3) is 12.3. The van der Waals surface area contributed by atoms with Crippen LogP contribution in [0.1, 0.15) is 26.2 Å². The molecule has 0 aliphatic carbocycles. The molecular formula is C11H17N3O. The topological polar surface area (TPSA) is 53.8 Å². The lowest BCUT2D eigenvalue weighted by molar-refractivity contribution is 0.804. The molecule has 4 heteroatoms. The first-order chi connectivity index (χ1) is 7.41. The largest absolute Gasteiger partial charge is 0.164 e. The molecule has 0 aromatic rings. The Balaban J connectivity index is 3.48. The molecule has 0 unspecified atom stereocenters. The molecule has 0 rings (SSSR count). The summed E-state index contributed by atoms with van der Waals surface area (Å²) in [6, 6.07) is 0. The average Bonchev–Trinajstić information content (AvgIpc) is 2.26. The lowest BCUT2D eigenvalue weighted by Gasteiger charge is -1.82. The Morgan fingerprint density at radius 1 is 1.13 bits per heavy atom. The van der Waals surface area contributed by atoms with E-state index in [1.54, 1.807) is 6.08 Å². The zero-order chi connectivity index (χ0) is 11.2. The molecule has 4 nitrogen and oxygen atoms in total. The van der Waals surface area contributed by atoms with Crippen molar-refractivity contribution in [2.45, 2.75) is 26.2 Å². The van der Waals surface area contributed by atoms with Crippen molar-refractivity contribution in [2.24, 2.45) is 10.4 Å². The Kier molecular flexibility index (Phi) is 10.9. The fraction of sp³-hybridized carbons (Fsp3) is 0.364. The van der Waals surface area contributed by atoms with Crippen LogP contribution in [0.2, 0.25) is 0 Å². The van der Waals surface area contributed by atoms with E-state index in [1.807, 2.05) is 23.8 Å². The Bertz CT molecular complexity index is 255. The number of rotatable bonds is 8. The van der Waals surface area contributed by atoms with Crippen LogP contribution in [0.5, 0.6) is 0 Å². The fourth-order valence-electron chi connectivity index (χ4n) is 0.830. The predicted molar refractivity (Wildman–Crippen MR) is 64.4 cm³/mol. The molecule has 0 aromatic carbocycles. The molecule has 0 aliphatic rings. The van der Waals surface area contributed by atoms with Crippen LogP contribution >= 0.6 is 0 Å². The van der Waals surface area contributed by atoms with Crippen LogP contribution in [-0.2, 0) is 0 Å². The molecule has 1 N–H and O–H groups in total. The van der Waals surface area contributed by atoms with Gasteiger partial charge in [-0.25, -0.2) is 0 Å². The Morgan fingerprint density at radius 2 is 2.00 bits per heavy atom. The van der Waals surface area contributed by atoms with E-state index in [1.165, 1.54) is 12.6 Å². The summed E-state index contributed by atoms with van der Waals surface area (Å²) in [6.45, 7) is 2.16. The number of allylic oxidation sites excluding steroid dienone is 6. The second-order valence-electron chi connectivity index (χ2n) is 2.78. The number of nitroso groups, excluding NO2 is 1. The first-order valence-electron chi connectivity index (χ1n) is 4.99. The molecule has 0 saturated heterocycles. The highest BCUT2D eigenvalue weighted by molar-refractivity contribution is 5.71. The molecule has 0 aromatic heterocycles. The Morgan fingerprint density at radius 3 is 2.73 bits per heavy atom. The van der Waals surface area contributed by atoms with Gasteiger partial charge in [-0.1, -0.05) is 43.7 Å². The van der Waals surface area contributed by atoms with Crippen molar-refractivity contribution >= 4 is 6.21 Å². The number of hydrazone groups is 1. The lowest BCUT2D eigenvalue weighted by Crippen LogP contribution is -1.89. The molecule has 0 saturated carbocycles. The minimum absolute atomic E-state index is 0.940. The molecule has 0 amide bonds. The van der Waals surface area contributed by atoms with E-state index < -0.39 is 0 Å². The van der Waals surface area contributed by atoms with Crippen LogP contribution < -0.4 is 5.53 Å². The first kappa shape index (κ1) is 13.3. The van der Waals surface area contributed by atoms with E-state index >= 15 is 0 Å². The standard InChI is InChI=1S/C11H17N3O/c1-2-3-4-5-6-7-8-9-10-11-12-13-14-15/h4-5,7-11H,2-3,6H2,1H3,(H,13,15)/b5-4+,8-7+,10-9+,12-11+. The van der Waals surface area contributed by atoms with Gasteiger partial charge in [0.2, 0.25) is 0 Å². The molecule has 0 aliphatic heterocycles. The van der Waals surface area contributed by atoms with Gasteiger partial charge in [-0.3, -0.25) is 0 Å². The highest BCUT2D eigenvalue weighted by Crippen LogP contribution is 1.92. The van der Waals surface area contributed by atoms with Gasteiger partial charge in [-0.05, 0) is 18.9 Å². The number of hydrogen-bond donors (Lipinski definition) is 1. The maximum Gasteiger partial charge on any atom is 0.0722 e. The highest BCUT2D eigenvalue weighted by Gasteiger charge is 1.72. The summed E-state index contributed by atoms with van der Waals surface area (Å²) in [4.78, 5) is 9.54.